The van der Waals surface area contributed by atoms with Crippen molar-refractivity contribution in [3.63, 3.8) is 0 Å². The van der Waals surface area contributed by atoms with E-state index in [4.69, 9.17) is 5.14 Å². The van der Waals surface area contributed by atoms with E-state index in [2.05, 4.69) is 5.32 Å². The minimum atomic E-state index is -3.76. The predicted molar refractivity (Wildman–Crippen MR) is 83.7 cm³/mol. The second-order valence-electron chi connectivity index (χ2n) is 4.55. The number of hydrogen-bond donors (Lipinski definition) is 2. The molecular weight excluding hydrogens is 308 g/mol. The third-order valence-corrected chi connectivity index (χ3v) is 4.70. The topological polar surface area (TPSA) is 89.3 Å². The molecule has 1 amide bonds. The number of amides is 1. The van der Waals surface area contributed by atoms with E-state index in [1.54, 1.807) is 23.5 Å². The Labute approximate surface area is 127 Å². The standard InChI is InChI=1S/C14H16N2O3S2/c15-21(18,19)13-7-1-4-11(10-13)16-14(17)8-2-5-12-6-3-9-20-12/h1,3-4,6-7,9-10H,2,5,8H2,(H,16,17)(H2,15,18,19). The number of nitrogens with two attached hydrogens (primary N) is 1. The first-order valence-electron chi connectivity index (χ1n) is 6.40. The van der Waals surface area contributed by atoms with E-state index >= 15 is 0 Å². The molecule has 0 bridgehead atoms. The average molecular weight is 324 g/mol. The average Bonchev–Trinajstić information content (AvgIpc) is 2.91. The summed E-state index contributed by atoms with van der Waals surface area (Å²) in [6.07, 6.45) is 2.00. The van der Waals surface area contributed by atoms with E-state index in [9.17, 15) is 13.2 Å². The third-order valence-electron chi connectivity index (χ3n) is 2.85. The number of sulfonamides is 1. The van der Waals surface area contributed by atoms with Gasteiger partial charge in [0.15, 0.2) is 0 Å². The second kappa shape index (κ2) is 6.84. The Hall–Kier alpha value is -1.70. The summed E-state index contributed by atoms with van der Waals surface area (Å²) >= 11 is 1.67. The number of hydrogen-bond acceptors (Lipinski definition) is 4. The van der Waals surface area contributed by atoms with Crippen LogP contribution in [0.15, 0.2) is 46.7 Å². The molecule has 0 spiro atoms. The Morgan fingerprint density at radius 3 is 2.71 bits per heavy atom. The van der Waals surface area contributed by atoms with Crippen molar-refractivity contribution >= 4 is 33.0 Å². The molecular formula is C14H16N2O3S2. The van der Waals surface area contributed by atoms with Gasteiger partial charge in [-0.25, -0.2) is 13.6 Å². The maximum atomic E-state index is 11.8. The van der Waals surface area contributed by atoms with E-state index in [-0.39, 0.29) is 10.8 Å². The lowest BCUT2D eigenvalue weighted by molar-refractivity contribution is -0.116. The number of thiophene rings is 1. The summed E-state index contributed by atoms with van der Waals surface area (Å²) in [6, 6.07) is 9.94. The predicted octanol–water partition coefficient (Wildman–Crippen LogP) is 2.36. The molecule has 7 heteroatoms. The Balaban J connectivity index is 1.88. The zero-order valence-electron chi connectivity index (χ0n) is 11.3. The third kappa shape index (κ3) is 4.96. The lowest BCUT2D eigenvalue weighted by Gasteiger charge is -2.06. The van der Waals surface area contributed by atoms with Crippen LogP contribution in [0.25, 0.3) is 0 Å². The van der Waals surface area contributed by atoms with Gasteiger partial charge < -0.3 is 5.32 Å². The summed E-state index contributed by atoms with van der Waals surface area (Å²) in [4.78, 5) is 13.0. The first-order valence-corrected chi connectivity index (χ1v) is 8.83. The number of primary sulfonamides is 1. The quantitative estimate of drug-likeness (QED) is 0.855. The van der Waals surface area contributed by atoms with Crippen molar-refractivity contribution in [2.24, 2.45) is 5.14 Å². The maximum Gasteiger partial charge on any atom is 0.238 e. The Kier molecular flexibility index (Phi) is 5.11. The minimum absolute atomic E-state index is 0.0149. The molecule has 1 aromatic heterocycles. The Morgan fingerprint density at radius 1 is 1.24 bits per heavy atom. The number of rotatable bonds is 6. The molecule has 0 fully saturated rings. The van der Waals surface area contributed by atoms with Gasteiger partial charge in [-0.05, 0) is 42.5 Å². The highest BCUT2D eigenvalue weighted by molar-refractivity contribution is 7.89. The molecule has 0 atom stereocenters. The summed E-state index contributed by atoms with van der Waals surface area (Å²) in [6.45, 7) is 0. The van der Waals surface area contributed by atoms with Gasteiger partial charge in [-0.3, -0.25) is 4.79 Å². The molecule has 1 heterocycles. The monoisotopic (exact) mass is 324 g/mol. The summed E-state index contributed by atoms with van der Waals surface area (Å²) in [5, 5.41) is 9.74. The number of carbonyl (C=O) groups is 1. The van der Waals surface area contributed by atoms with E-state index in [0.717, 1.165) is 12.8 Å². The van der Waals surface area contributed by atoms with Gasteiger partial charge in [0.25, 0.3) is 0 Å². The first kappa shape index (κ1) is 15.7. The van der Waals surface area contributed by atoms with Gasteiger partial charge in [-0.15, -0.1) is 11.3 Å². The van der Waals surface area contributed by atoms with Crippen molar-refractivity contribution in [1.82, 2.24) is 0 Å². The fourth-order valence-corrected chi connectivity index (χ4v) is 3.16. The summed E-state index contributed by atoms with van der Waals surface area (Å²) in [5.74, 6) is -0.141. The SMILES string of the molecule is NS(=O)(=O)c1cccc(NC(=O)CCCc2cccs2)c1. The highest BCUT2D eigenvalue weighted by Crippen LogP contribution is 2.15. The molecule has 0 aliphatic heterocycles. The van der Waals surface area contributed by atoms with Crippen LogP contribution in [0.2, 0.25) is 0 Å². The van der Waals surface area contributed by atoms with Crippen LogP contribution in [0.5, 0.6) is 0 Å². The molecule has 0 radical (unpaired) electrons. The highest BCUT2D eigenvalue weighted by Gasteiger charge is 2.09. The second-order valence-corrected chi connectivity index (χ2v) is 7.15. The van der Waals surface area contributed by atoms with Crippen molar-refractivity contribution in [1.29, 1.82) is 0 Å². The fraction of sp³-hybridized carbons (Fsp3) is 0.214. The summed E-state index contributed by atoms with van der Waals surface area (Å²) < 4.78 is 22.5. The van der Waals surface area contributed by atoms with Gasteiger partial charge in [0, 0.05) is 17.0 Å². The van der Waals surface area contributed by atoms with Crippen LogP contribution in [0, 0.1) is 0 Å². The molecule has 21 heavy (non-hydrogen) atoms. The van der Waals surface area contributed by atoms with Crippen molar-refractivity contribution in [3.05, 3.63) is 46.7 Å². The van der Waals surface area contributed by atoms with Crippen molar-refractivity contribution in [2.75, 3.05) is 5.32 Å². The van der Waals surface area contributed by atoms with E-state index < -0.39 is 10.0 Å². The molecule has 0 unspecified atom stereocenters. The van der Waals surface area contributed by atoms with Crippen molar-refractivity contribution < 1.29 is 13.2 Å². The van der Waals surface area contributed by atoms with Gasteiger partial charge in [0.2, 0.25) is 15.9 Å². The van der Waals surface area contributed by atoms with Crippen LogP contribution >= 0.6 is 11.3 Å². The Morgan fingerprint density at radius 2 is 2.05 bits per heavy atom. The number of carbonyl (C=O) groups excluding carboxylic acids is 1. The zero-order valence-corrected chi connectivity index (χ0v) is 12.9. The molecule has 3 N–H and O–H groups in total. The minimum Gasteiger partial charge on any atom is -0.326 e. The largest absolute Gasteiger partial charge is 0.326 e. The summed E-state index contributed by atoms with van der Waals surface area (Å²) in [5.41, 5.74) is 0.433. The maximum absolute atomic E-state index is 11.8. The number of nitrogens with one attached hydrogen (secondary N) is 1. The highest BCUT2D eigenvalue weighted by atomic mass is 32.2. The van der Waals surface area contributed by atoms with Crippen LogP contribution in [-0.2, 0) is 21.2 Å². The molecule has 0 saturated carbocycles. The van der Waals surface area contributed by atoms with Crippen molar-refractivity contribution in [2.45, 2.75) is 24.2 Å². The number of benzene rings is 1. The summed E-state index contributed by atoms with van der Waals surface area (Å²) in [7, 11) is -3.76. The zero-order chi connectivity index (χ0) is 15.3. The number of anilines is 1. The van der Waals surface area contributed by atoms with Gasteiger partial charge in [-0.1, -0.05) is 12.1 Å². The molecule has 2 rings (SSSR count). The van der Waals surface area contributed by atoms with E-state index in [0.29, 0.717) is 12.1 Å². The van der Waals surface area contributed by atoms with Crippen LogP contribution in [0.1, 0.15) is 17.7 Å². The molecule has 2 aromatic rings. The van der Waals surface area contributed by atoms with E-state index in [1.807, 2.05) is 17.5 Å². The fourth-order valence-electron chi connectivity index (χ4n) is 1.85. The van der Waals surface area contributed by atoms with E-state index in [1.165, 1.54) is 17.0 Å². The molecule has 1 aromatic carbocycles. The lowest BCUT2D eigenvalue weighted by atomic mass is 10.2. The molecule has 0 saturated heterocycles. The van der Waals surface area contributed by atoms with Gasteiger partial charge in [0.05, 0.1) is 4.90 Å². The van der Waals surface area contributed by atoms with Crippen LogP contribution in [0.3, 0.4) is 0 Å². The number of aryl methyl sites for hydroxylation is 1. The molecule has 112 valence electrons. The first-order chi connectivity index (χ1) is 9.95. The molecule has 0 aliphatic carbocycles. The van der Waals surface area contributed by atoms with Gasteiger partial charge in [-0.2, -0.15) is 0 Å². The smallest absolute Gasteiger partial charge is 0.238 e. The van der Waals surface area contributed by atoms with Crippen LogP contribution < -0.4 is 10.5 Å². The van der Waals surface area contributed by atoms with Crippen LogP contribution in [-0.4, -0.2) is 14.3 Å². The molecule has 0 aliphatic rings. The lowest BCUT2D eigenvalue weighted by Crippen LogP contribution is -2.14. The van der Waals surface area contributed by atoms with Gasteiger partial charge in [0.1, 0.15) is 0 Å². The molecule has 5 nitrogen and oxygen atoms in total. The van der Waals surface area contributed by atoms with Gasteiger partial charge >= 0.3 is 0 Å². The normalized spacial score (nSPS) is 11.3. The van der Waals surface area contributed by atoms with Crippen molar-refractivity contribution in [3.8, 4) is 0 Å². The Bertz CT molecular complexity index is 710. The van der Waals surface area contributed by atoms with Crippen LogP contribution in [0.4, 0.5) is 5.69 Å².